The maximum absolute atomic E-state index is 12.1. The third-order valence-electron chi connectivity index (χ3n) is 2.31. The Morgan fingerprint density at radius 3 is 2.44 bits per heavy atom. The lowest BCUT2D eigenvalue weighted by molar-refractivity contribution is -0.0768. The summed E-state index contributed by atoms with van der Waals surface area (Å²) >= 11 is -0.203. The van der Waals surface area contributed by atoms with Crippen molar-refractivity contribution >= 4 is 17.7 Å². The number of alkyl halides is 3. The third kappa shape index (κ3) is 3.39. The zero-order chi connectivity index (χ0) is 13.2. The van der Waals surface area contributed by atoms with E-state index in [1.165, 1.54) is 29.3 Å². The van der Waals surface area contributed by atoms with Crippen LogP contribution in [-0.4, -0.2) is 29.6 Å². The van der Waals surface area contributed by atoms with Crippen molar-refractivity contribution < 1.29 is 22.8 Å². The minimum Gasteiger partial charge on any atom is -0.271 e. The number of carbonyl (C=O) groups excluding carboxylic acids is 1. The van der Waals surface area contributed by atoms with Crippen molar-refractivity contribution in [1.29, 1.82) is 0 Å². The van der Waals surface area contributed by atoms with Gasteiger partial charge in [-0.25, -0.2) is 5.06 Å². The summed E-state index contributed by atoms with van der Waals surface area (Å²) in [6, 6.07) is 5.30. The van der Waals surface area contributed by atoms with Gasteiger partial charge in [0.1, 0.15) is 0 Å². The first-order valence-corrected chi connectivity index (χ1v) is 6.08. The van der Waals surface area contributed by atoms with E-state index in [9.17, 15) is 18.0 Å². The summed E-state index contributed by atoms with van der Waals surface area (Å²) in [5.74, 6) is -0.323. The van der Waals surface area contributed by atoms with Gasteiger partial charge >= 0.3 is 5.51 Å². The molecule has 0 aliphatic carbocycles. The van der Waals surface area contributed by atoms with Crippen molar-refractivity contribution in [3.05, 3.63) is 29.8 Å². The van der Waals surface area contributed by atoms with Crippen LogP contribution in [0.3, 0.4) is 0 Å². The molecule has 7 heteroatoms. The van der Waals surface area contributed by atoms with Gasteiger partial charge in [0, 0.05) is 10.5 Å². The monoisotopic (exact) mass is 277 g/mol. The van der Waals surface area contributed by atoms with Gasteiger partial charge in [0.25, 0.3) is 5.91 Å². The van der Waals surface area contributed by atoms with Crippen LogP contribution in [0.4, 0.5) is 13.2 Å². The van der Waals surface area contributed by atoms with Crippen molar-refractivity contribution in [1.82, 2.24) is 5.06 Å². The molecule has 18 heavy (non-hydrogen) atoms. The summed E-state index contributed by atoms with van der Waals surface area (Å²) in [6.45, 7) is 1.01. The number of hydrogen-bond acceptors (Lipinski definition) is 3. The van der Waals surface area contributed by atoms with E-state index in [2.05, 4.69) is 0 Å². The van der Waals surface area contributed by atoms with Crippen LogP contribution in [0.2, 0.25) is 0 Å². The van der Waals surface area contributed by atoms with E-state index >= 15 is 0 Å². The molecule has 1 amide bonds. The van der Waals surface area contributed by atoms with E-state index in [-0.39, 0.29) is 22.6 Å². The molecule has 98 valence electrons. The van der Waals surface area contributed by atoms with Crippen molar-refractivity contribution in [2.24, 2.45) is 0 Å². The molecule has 0 aromatic heterocycles. The predicted octanol–water partition coefficient (Wildman–Crippen LogP) is 3.08. The average Bonchev–Trinajstić information content (AvgIpc) is 2.80. The molecular weight excluding hydrogens is 267 g/mol. The molecular formula is C11H10F3NO2S. The Hall–Kier alpha value is -1.21. The molecule has 0 atom stereocenters. The lowest BCUT2D eigenvalue weighted by atomic mass is 10.2. The first-order chi connectivity index (χ1) is 8.46. The van der Waals surface area contributed by atoms with Crippen LogP contribution in [-0.2, 0) is 4.84 Å². The molecule has 1 saturated heterocycles. The smallest absolute Gasteiger partial charge is 0.271 e. The number of hydroxylamine groups is 2. The van der Waals surface area contributed by atoms with Gasteiger partial charge in [-0.15, -0.1) is 0 Å². The van der Waals surface area contributed by atoms with Crippen LogP contribution in [0.5, 0.6) is 0 Å². The fourth-order valence-corrected chi connectivity index (χ4v) is 2.09. The molecule has 0 unspecified atom stereocenters. The standard InChI is InChI=1S/C11H10F3NO2S/c12-11(13,14)18-9-4-2-8(3-5-9)10(16)15-6-1-7-17-15/h2-5H,1,6-7H2. The predicted molar refractivity (Wildman–Crippen MR) is 60.0 cm³/mol. The summed E-state index contributed by atoms with van der Waals surface area (Å²) in [6.07, 6.45) is 0.772. The molecule has 0 saturated carbocycles. The van der Waals surface area contributed by atoms with Crippen LogP contribution < -0.4 is 0 Å². The Bertz CT molecular complexity index is 427. The number of nitrogens with zero attached hydrogens (tertiary/aromatic N) is 1. The van der Waals surface area contributed by atoms with Gasteiger partial charge in [0.15, 0.2) is 0 Å². The van der Waals surface area contributed by atoms with E-state index in [0.717, 1.165) is 6.42 Å². The number of benzene rings is 1. The van der Waals surface area contributed by atoms with Crippen molar-refractivity contribution in [3.8, 4) is 0 Å². The van der Waals surface area contributed by atoms with E-state index in [1.54, 1.807) is 0 Å². The minimum atomic E-state index is -4.32. The zero-order valence-corrected chi connectivity index (χ0v) is 10.1. The molecule has 3 nitrogen and oxygen atoms in total. The molecule has 0 radical (unpaired) electrons. The number of amides is 1. The molecule has 0 bridgehead atoms. The molecule has 0 N–H and O–H groups in total. The number of rotatable bonds is 2. The van der Waals surface area contributed by atoms with Gasteiger partial charge < -0.3 is 0 Å². The van der Waals surface area contributed by atoms with Gasteiger partial charge in [-0.05, 0) is 42.4 Å². The van der Waals surface area contributed by atoms with Crippen LogP contribution in [0.1, 0.15) is 16.8 Å². The van der Waals surface area contributed by atoms with Crippen LogP contribution in [0, 0.1) is 0 Å². The number of halogens is 3. The fraction of sp³-hybridized carbons (Fsp3) is 0.364. The molecule has 2 rings (SSSR count). The lowest BCUT2D eigenvalue weighted by Crippen LogP contribution is -2.26. The van der Waals surface area contributed by atoms with Gasteiger partial charge in [0.05, 0.1) is 13.2 Å². The second-order valence-electron chi connectivity index (χ2n) is 3.67. The second-order valence-corrected chi connectivity index (χ2v) is 4.80. The van der Waals surface area contributed by atoms with Gasteiger partial charge in [-0.2, -0.15) is 13.2 Å². The molecule has 1 heterocycles. The molecule has 1 aliphatic heterocycles. The summed E-state index contributed by atoms with van der Waals surface area (Å²) < 4.78 is 36.3. The third-order valence-corrected chi connectivity index (χ3v) is 3.05. The molecule has 1 fully saturated rings. The highest BCUT2D eigenvalue weighted by atomic mass is 32.2. The fourth-order valence-electron chi connectivity index (χ4n) is 1.55. The Balaban J connectivity index is 2.05. The van der Waals surface area contributed by atoms with Crippen LogP contribution in [0.15, 0.2) is 29.2 Å². The van der Waals surface area contributed by atoms with Gasteiger partial charge in [-0.3, -0.25) is 9.63 Å². The summed E-state index contributed by atoms with van der Waals surface area (Å²) in [5, 5.41) is 1.23. The maximum Gasteiger partial charge on any atom is 0.446 e. The Kier molecular flexibility index (Phi) is 3.82. The topological polar surface area (TPSA) is 29.5 Å². The van der Waals surface area contributed by atoms with Crippen molar-refractivity contribution in [3.63, 3.8) is 0 Å². The zero-order valence-electron chi connectivity index (χ0n) is 9.24. The summed E-state index contributed by atoms with van der Waals surface area (Å²) in [4.78, 5) is 17.0. The van der Waals surface area contributed by atoms with E-state index in [1.807, 2.05) is 0 Å². The van der Waals surface area contributed by atoms with Crippen LogP contribution >= 0.6 is 11.8 Å². The Morgan fingerprint density at radius 2 is 1.94 bits per heavy atom. The van der Waals surface area contributed by atoms with Gasteiger partial charge in [-0.1, -0.05) is 0 Å². The molecule has 1 aliphatic rings. The van der Waals surface area contributed by atoms with Gasteiger partial charge in [0.2, 0.25) is 0 Å². The highest BCUT2D eigenvalue weighted by Gasteiger charge is 2.29. The average molecular weight is 277 g/mol. The summed E-state index contributed by atoms with van der Waals surface area (Å²) in [7, 11) is 0. The van der Waals surface area contributed by atoms with Crippen LogP contribution in [0.25, 0.3) is 0 Å². The number of hydrogen-bond donors (Lipinski definition) is 0. The largest absolute Gasteiger partial charge is 0.446 e. The SMILES string of the molecule is O=C(c1ccc(SC(F)(F)F)cc1)N1CCCO1. The quantitative estimate of drug-likeness (QED) is 0.778. The van der Waals surface area contributed by atoms with Crippen molar-refractivity contribution in [2.45, 2.75) is 16.8 Å². The highest BCUT2D eigenvalue weighted by Crippen LogP contribution is 2.36. The Morgan fingerprint density at radius 1 is 1.28 bits per heavy atom. The second kappa shape index (κ2) is 5.19. The molecule has 1 aromatic rings. The lowest BCUT2D eigenvalue weighted by Gasteiger charge is -2.14. The Labute approximate surface area is 106 Å². The van der Waals surface area contributed by atoms with E-state index in [4.69, 9.17) is 4.84 Å². The summed E-state index contributed by atoms with van der Waals surface area (Å²) in [5.41, 5.74) is -3.99. The minimum absolute atomic E-state index is 0.0568. The molecule has 0 spiro atoms. The first-order valence-electron chi connectivity index (χ1n) is 5.26. The van der Waals surface area contributed by atoms with E-state index < -0.39 is 5.51 Å². The first kappa shape index (κ1) is 13.2. The number of thioether (sulfide) groups is 1. The highest BCUT2D eigenvalue weighted by molar-refractivity contribution is 8.00. The normalized spacial score (nSPS) is 16.1. The molecule has 1 aromatic carbocycles. The maximum atomic E-state index is 12.1. The number of carbonyl (C=O) groups is 1. The van der Waals surface area contributed by atoms with Crippen molar-refractivity contribution in [2.75, 3.05) is 13.2 Å². The van der Waals surface area contributed by atoms with E-state index in [0.29, 0.717) is 18.7 Å².